The Morgan fingerprint density at radius 2 is 2.00 bits per heavy atom. The zero-order chi connectivity index (χ0) is 17.4. The van der Waals surface area contributed by atoms with Gasteiger partial charge in [0.15, 0.2) is 0 Å². The second-order valence-electron chi connectivity index (χ2n) is 8.56. The van der Waals surface area contributed by atoms with Crippen LogP contribution in [0.15, 0.2) is 23.8 Å². The van der Waals surface area contributed by atoms with E-state index in [9.17, 15) is 9.59 Å². The average molecular weight is 318 g/mol. The number of hydrogen-bond donors (Lipinski definition) is 1. The van der Waals surface area contributed by atoms with Crippen LogP contribution in [0.5, 0.6) is 0 Å². The molecule has 1 N–H and O–H groups in total. The van der Waals surface area contributed by atoms with Crippen molar-refractivity contribution in [3.63, 3.8) is 0 Å². The second kappa shape index (κ2) is 6.26. The lowest BCUT2D eigenvalue weighted by Crippen LogP contribution is -2.52. The van der Waals surface area contributed by atoms with Crippen molar-refractivity contribution in [3.8, 4) is 0 Å². The van der Waals surface area contributed by atoms with E-state index in [0.29, 0.717) is 30.5 Å². The van der Waals surface area contributed by atoms with Crippen molar-refractivity contribution in [1.29, 1.82) is 0 Å². The summed E-state index contributed by atoms with van der Waals surface area (Å²) in [6, 6.07) is 0. The maximum absolute atomic E-state index is 12.4. The van der Waals surface area contributed by atoms with Crippen LogP contribution in [0.4, 0.5) is 0 Å². The van der Waals surface area contributed by atoms with E-state index in [0.717, 1.165) is 31.3 Å². The monoisotopic (exact) mass is 318 g/mol. The van der Waals surface area contributed by atoms with Crippen molar-refractivity contribution < 1.29 is 14.7 Å². The number of carboxylic acid groups (broad SMARTS) is 1. The van der Waals surface area contributed by atoms with E-state index in [-0.39, 0.29) is 10.8 Å². The van der Waals surface area contributed by atoms with Crippen LogP contribution in [-0.4, -0.2) is 16.9 Å². The summed E-state index contributed by atoms with van der Waals surface area (Å²) in [5.41, 5.74) is 2.15. The molecule has 128 valence electrons. The van der Waals surface area contributed by atoms with Gasteiger partial charge in [-0.1, -0.05) is 38.5 Å². The van der Waals surface area contributed by atoms with Crippen LogP contribution in [0.3, 0.4) is 0 Å². The van der Waals surface area contributed by atoms with Crippen LogP contribution in [0.2, 0.25) is 0 Å². The fraction of sp³-hybridized carbons (Fsp3) is 0.700. The van der Waals surface area contributed by atoms with Gasteiger partial charge in [-0.2, -0.15) is 0 Å². The summed E-state index contributed by atoms with van der Waals surface area (Å²) in [4.78, 5) is 23.2. The molecule has 0 spiro atoms. The summed E-state index contributed by atoms with van der Waals surface area (Å²) in [5.74, 6) is 0.322. The minimum absolute atomic E-state index is 0.0301. The van der Waals surface area contributed by atoms with Crippen LogP contribution < -0.4 is 0 Å². The molecule has 0 saturated heterocycles. The molecule has 0 unspecified atom stereocenters. The largest absolute Gasteiger partial charge is 0.478 e. The molecule has 0 aromatic heterocycles. The molecule has 0 aromatic rings. The first-order valence-electron chi connectivity index (χ1n) is 8.66. The van der Waals surface area contributed by atoms with Crippen molar-refractivity contribution in [3.05, 3.63) is 23.8 Å². The van der Waals surface area contributed by atoms with E-state index >= 15 is 0 Å². The molecule has 2 rings (SSSR count). The number of allylic oxidation sites excluding steroid dienone is 2. The number of fused-ring (bicyclic) bond motifs is 1. The molecule has 2 aliphatic rings. The number of ketones is 1. The summed E-state index contributed by atoms with van der Waals surface area (Å²) in [7, 11) is 0. The van der Waals surface area contributed by atoms with Gasteiger partial charge >= 0.3 is 5.97 Å². The van der Waals surface area contributed by atoms with Crippen LogP contribution in [-0.2, 0) is 9.59 Å². The zero-order valence-corrected chi connectivity index (χ0v) is 14.9. The van der Waals surface area contributed by atoms with Crippen molar-refractivity contribution in [2.45, 2.75) is 66.2 Å². The number of rotatable bonds is 4. The first kappa shape index (κ1) is 18.0. The Hall–Kier alpha value is -1.38. The van der Waals surface area contributed by atoms with Gasteiger partial charge < -0.3 is 5.11 Å². The maximum Gasteiger partial charge on any atom is 0.328 e. The molecule has 0 radical (unpaired) electrons. The van der Waals surface area contributed by atoms with Gasteiger partial charge in [0.2, 0.25) is 0 Å². The Bertz CT molecular complexity index is 555. The highest BCUT2D eigenvalue weighted by atomic mass is 16.4. The van der Waals surface area contributed by atoms with Crippen LogP contribution in [0, 0.1) is 22.7 Å². The van der Waals surface area contributed by atoms with E-state index < -0.39 is 5.97 Å². The number of aliphatic carboxylic acids is 1. The molecule has 0 amide bonds. The van der Waals surface area contributed by atoms with E-state index in [2.05, 4.69) is 27.4 Å². The SMILES string of the molecule is C=C1CC[C@H]2C(C)(C)CC(=O)C[C@]2(C)[C@H]1CC/C(C)=C\C(=O)O. The first-order valence-corrected chi connectivity index (χ1v) is 8.66. The van der Waals surface area contributed by atoms with Crippen LogP contribution in [0.25, 0.3) is 0 Å². The fourth-order valence-electron chi connectivity index (χ4n) is 5.38. The van der Waals surface area contributed by atoms with Crippen molar-refractivity contribution >= 4 is 11.8 Å². The molecule has 0 bridgehead atoms. The molecule has 23 heavy (non-hydrogen) atoms. The van der Waals surface area contributed by atoms with Crippen LogP contribution >= 0.6 is 0 Å². The van der Waals surface area contributed by atoms with Gasteiger partial charge in [-0.3, -0.25) is 4.79 Å². The van der Waals surface area contributed by atoms with Gasteiger partial charge in [-0.15, -0.1) is 0 Å². The Kier molecular flexibility index (Phi) is 4.89. The third-order valence-corrected chi connectivity index (χ3v) is 6.21. The topological polar surface area (TPSA) is 54.4 Å². The summed E-state index contributed by atoms with van der Waals surface area (Å²) >= 11 is 0. The smallest absolute Gasteiger partial charge is 0.328 e. The maximum atomic E-state index is 12.4. The van der Waals surface area contributed by atoms with Crippen molar-refractivity contribution in [2.75, 3.05) is 0 Å². The molecule has 3 atom stereocenters. The predicted octanol–water partition coefficient (Wildman–Crippen LogP) is 4.78. The highest BCUT2D eigenvalue weighted by molar-refractivity contribution is 5.81. The molecule has 0 heterocycles. The van der Waals surface area contributed by atoms with Gasteiger partial charge in [0, 0.05) is 18.9 Å². The predicted molar refractivity (Wildman–Crippen MR) is 92.1 cm³/mol. The highest BCUT2D eigenvalue weighted by Gasteiger charge is 2.54. The number of Topliss-reactive ketones (excluding diaryl/α,β-unsaturated/α-hetero) is 1. The average Bonchev–Trinajstić information content (AvgIpc) is 2.34. The lowest BCUT2D eigenvalue weighted by atomic mass is 9.47. The minimum Gasteiger partial charge on any atom is -0.478 e. The van der Waals surface area contributed by atoms with E-state index in [1.807, 2.05) is 6.92 Å². The Morgan fingerprint density at radius 1 is 1.35 bits per heavy atom. The number of carboxylic acids is 1. The molecule has 2 aliphatic carbocycles. The van der Waals surface area contributed by atoms with E-state index in [4.69, 9.17) is 5.11 Å². The Morgan fingerprint density at radius 3 is 2.61 bits per heavy atom. The minimum atomic E-state index is -0.886. The molecule has 0 aliphatic heterocycles. The Balaban J connectivity index is 2.24. The molecular weight excluding hydrogens is 288 g/mol. The quantitative estimate of drug-likeness (QED) is 0.600. The van der Waals surface area contributed by atoms with Gasteiger partial charge in [-0.25, -0.2) is 4.79 Å². The summed E-state index contributed by atoms with van der Waals surface area (Å²) in [5, 5.41) is 8.88. The third-order valence-electron chi connectivity index (χ3n) is 6.21. The summed E-state index contributed by atoms with van der Waals surface area (Å²) in [6.45, 7) is 12.9. The third kappa shape index (κ3) is 3.59. The summed E-state index contributed by atoms with van der Waals surface area (Å²) < 4.78 is 0. The van der Waals surface area contributed by atoms with Crippen LogP contribution in [0.1, 0.15) is 66.2 Å². The Labute approximate surface area is 139 Å². The normalized spacial score (nSPS) is 34.2. The van der Waals surface area contributed by atoms with E-state index in [1.165, 1.54) is 11.6 Å². The second-order valence-corrected chi connectivity index (χ2v) is 8.56. The fourth-order valence-corrected chi connectivity index (χ4v) is 5.38. The number of hydrogen-bond acceptors (Lipinski definition) is 2. The first-order chi connectivity index (χ1) is 10.6. The van der Waals surface area contributed by atoms with E-state index in [1.54, 1.807) is 0 Å². The molecule has 3 heteroatoms. The van der Waals surface area contributed by atoms with Gasteiger partial charge in [0.1, 0.15) is 5.78 Å². The van der Waals surface area contributed by atoms with Gasteiger partial charge in [0.25, 0.3) is 0 Å². The molecule has 0 aromatic carbocycles. The summed E-state index contributed by atoms with van der Waals surface area (Å²) in [6.07, 6.45) is 6.43. The highest BCUT2D eigenvalue weighted by Crippen LogP contribution is 2.60. The zero-order valence-electron chi connectivity index (χ0n) is 14.9. The van der Waals surface area contributed by atoms with Gasteiger partial charge in [-0.05, 0) is 55.3 Å². The number of carbonyl (C=O) groups is 2. The standard InChI is InChI=1S/C20H30O3/c1-13(10-18(22)23)6-8-16-14(2)7-9-17-19(3,4)11-15(21)12-20(16,17)5/h10,16-17H,2,6-9,11-12H2,1,3-5H3,(H,22,23)/b13-10-/t16-,17-,20+/m0/s1. The molecule has 2 fully saturated rings. The van der Waals surface area contributed by atoms with Crippen molar-refractivity contribution in [1.82, 2.24) is 0 Å². The molecular formula is C20H30O3. The lowest BCUT2D eigenvalue weighted by molar-refractivity contribution is -0.138. The lowest BCUT2D eigenvalue weighted by Gasteiger charge is -2.57. The number of carbonyl (C=O) groups excluding carboxylic acids is 1. The van der Waals surface area contributed by atoms with Gasteiger partial charge in [0.05, 0.1) is 0 Å². The molecule has 3 nitrogen and oxygen atoms in total. The van der Waals surface area contributed by atoms with Crippen molar-refractivity contribution in [2.24, 2.45) is 22.7 Å². The molecule has 2 saturated carbocycles.